The first kappa shape index (κ1) is 14.9. The zero-order valence-corrected chi connectivity index (χ0v) is 9.68. The van der Waals surface area contributed by atoms with E-state index in [2.05, 4.69) is 16.9 Å². The Bertz CT molecular complexity index is 480. The molecule has 8 heteroatoms. The largest absolute Gasteiger partial charge is 0.549 e. The summed E-state index contributed by atoms with van der Waals surface area (Å²) in [5, 5.41) is 14.7. The minimum Gasteiger partial charge on any atom is -0.549 e. The monoisotopic (exact) mass is 259 g/mol. The molecule has 1 aromatic carbocycles. The fourth-order valence-electron chi connectivity index (χ4n) is 0.866. The molecule has 1 aromatic rings. The van der Waals surface area contributed by atoms with Crippen LogP contribution in [0.4, 0.5) is 0 Å². The van der Waals surface area contributed by atoms with Crippen LogP contribution in [0.15, 0.2) is 35.2 Å². The van der Waals surface area contributed by atoms with Crippen LogP contribution in [0.1, 0.15) is 0 Å². The Kier molecular flexibility index (Phi) is 5.69. The number of carbonyl (C=O) groups is 1. The van der Waals surface area contributed by atoms with Gasteiger partial charge in [0.15, 0.2) is 9.84 Å². The minimum atomic E-state index is -3.72. The van der Waals surface area contributed by atoms with E-state index < -0.39 is 21.6 Å². The van der Waals surface area contributed by atoms with Gasteiger partial charge >= 0.3 is 5.96 Å². The molecule has 7 nitrogen and oxygen atoms in total. The number of carboxylic acids is 1. The van der Waals surface area contributed by atoms with Gasteiger partial charge in [-0.05, 0) is 12.1 Å². The van der Waals surface area contributed by atoms with Gasteiger partial charge in [-0.25, -0.2) is 8.42 Å². The molecule has 0 amide bonds. The Labute approximate surface area is 98.5 Å². The van der Waals surface area contributed by atoms with Crippen molar-refractivity contribution in [3.63, 3.8) is 0 Å². The molecule has 0 saturated heterocycles. The van der Waals surface area contributed by atoms with Gasteiger partial charge in [0.1, 0.15) is 0 Å². The first-order valence-electron chi connectivity index (χ1n) is 4.36. The molecule has 0 aromatic heterocycles. The van der Waals surface area contributed by atoms with Crippen molar-refractivity contribution < 1.29 is 23.7 Å². The van der Waals surface area contributed by atoms with Gasteiger partial charge in [-0.3, -0.25) is 16.9 Å². The van der Waals surface area contributed by atoms with E-state index >= 15 is 0 Å². The molecule has 0 saturated carbocycles. The highest BCUT2D eigenvalue weighted by atomic mass is 32.2. The molecule has 1 rings (SSSR count). The van der Waals surface area contributed by atoms with Crippen molar-refractivity contribution in [2.75, 3.05) is 5.75 Å². The second-order valence-electron chi connectivity index (χ2n) is 2.94. The number of hydrogen-bond donors (Lipinski definition) is 3. The lowest BCUT2D eigenvalue weighted by atomic mass is 10.4. The van der Waals surface area contributed by atoms with E-state index in [4.69, 9.17) is 0 Å². The molecule has 0 aliphatic heterocycles. The maximum absolute atomic E-state index is 11.2. The quantitative estimate of drug-likeness (QED) is 0.374. The van der Waals surface area contributed by atoms with Crippen LogP contribution in [-0.4, -0.2) is 26.1 Å². The van der Waals surface area contributed by atoms with Crippen LogP contribution in [0.3, 0.4) is 0 Å². The van der Waals surface area contributed by atoms with Crippen molar-refractivity contribution in [1.82, 2.24) is 0 Å². The normalized spacial score (nSPS) is 9.88. The molecule has 6 N–H and O–H groups in total. The van der Waals surface area contributed by atoms with Gasteiger partial charge < -0.3 is 9.90 Å². The smallest absolute Gasteiger partial charge is 0.336 e. The van der Waals surface area contributed by atoms with Crippen molar-refractivity contribution in [2.24, 2.45) is 11.5 Å². The van der Waals surface area contributed by atoms with E-state index in [9.17, 15) is 18.3 Å². The van der Waals surface area contributed by atoms with E-state index in [0.717, 1.165) is 0 Å². The molecule has 0 radical (unpaired) electrons. The molecule has 0 fully saturated rings. The van der Waals surface area contributed by atoms with E-state index in [-0.39, 0.29) is 10.9 Å². The van der Waals surface area contributed by atoms with Crippen molar-refractivity contribution in [3.05, 3.63) is 30.3 Å². The average molecular weight is 259 g/mol. The third-order valence-electron chi connectivity index (χ3n) is 1.41. The fourth-order valence-corrected chi connectivity index (χ4v) is 1.92. The zero-order valence-electron chi connectivity index (χ0n) is 8.87. The average Bonchev–Trinajstić information content (AvgIpc) is 2.16. The van der Waals surface area contributed by atoms with E-state index in [0.29, 0.717) is 0 Å². The number of sulfone groups is 1. The SMILES string of the molecule is NC(N)=[NH2+].O=C([O-])CS(=O)(=O)c1ccccc1. The van der Waals surface area contributed by atoms with Gasteiger partial charge in [0.05, 0.1) is 16.6 Å². The van der Waals surface area contributed by atoms with Gasteiger partial charge in [-0.1, -0.05) is 18.2 Å². The molecule has 0 unspecified atom stereocenters. The number of carboxylic acid groups (broad SMARTS) is 1. The Balaban J connectivity index is 0.000000557. The van der Waals surface area contributed by atoms with Gasteiger partial charge in [-0.2, -0.15) is 0 Å². The van der Waals surface area contributed by atoms with Crippen LogP contribution >= 0.6 is 0 Å². The molecule has 0 atom stereocenters. The molecule has 0 spiro atoms. The van der Waals surface area contributed by atoms with E-state index in [1.54, 1.807) is 6.07 Å². The Hall–Kier alpha value is -2.09. The summed E-state index contributed by atoms with van der Waals surface area (Å²) < 4.78 is 22.4. The predicted molar refractivity (Wildman–Crippen MR) is 58.8 cm³/mol. The maximum atomic E-state index is 11.2. The summed E-state index contributed by atoms with van der Waals surface area (Å²) in [6, 6.07) is 7.40. The second-order valence-corrected chi connectivity index (χ2v) is 4.93. The zero-order chi connectivity index (χ0) is 13.5. The topological polar surface area (TPSA) is 152 Å². The highest BCUT2D eigenvalue weighted by molar-refractivity contribution is 7.92. The lowest BCUT2D eigenvalue weighted by molar-refractivity contribution is -0.301. The molecule has 17 heavy (non-hydrogen) atoms. The van der Waals surface area contributed by atoms with Crippen LogP contribution in [-0.2, 0) is 14.6 Å². The number of guanidine groups is 1. The molecular formula is C9H13N3O4S. The summed E-state index contributed by atoms with van der Waals surface area (Å²) in [6.45, 7) is 0. The molecule has 0 heterocycles. The Morgan fingerprint density at radius 1 is 1.24 bits per heavy atom. The van der Waals surface area contributed by atoms with Gasteiger partial charge in [0, 0.05) is 0 Å². The lowest BCUT2D eigenvalue weighted by Gasteiger charge is -2.03. The van der Waals surface area contributed by atoms with Crippen molar-refractivity contribution in [2.45, 2.75) is 4.90 Å². The summed E-state index contributed by atoms with van der Waals surface area (Å²) in [6.07, 6.45) is 0. The standard InChI is InChI=1S/C8H8O4S.CH5N3/c9-8(10)6-13(11,12)7-4-2-1-3-5-7;2-1(3)4/h1-5H,6H2,(H,9,10);(H5,2,3,4). The highest BCUT2D eigenvalue weighted by Crippen LogP contribution is 2.08. The van der Waals surface area contributed by atoms with E-state index in [1.165, 1.54) is 24.3 Å². The van der Waals surface area contributed by atoms with Crippen molar-refractivity contribution >= 4 is 21.8 Å². The van der Waals surface area contributed by atoms with Crippen LogP contribution in [0.5, 0.6) is 0 Å². The van der Waals surface area contributed by atoms with Crippen LogP contribution in [0.2, 0.25) is 0 Å². The summed E-state index contributed by atoms with van der Waals surface area (Å²) in [7, 11) is -3.72. The molecule has 0 aliphatic carbocycles. The third kappa shape index (κ3) is 6.90. The highest BCUT2D eigenvalue weighted by Gasteiger charge is 2.13. The van der Waals surface area contributed by atoms with Crippen molar-refractivity contribution in [1.29, 1.82) is 0 Å². The van der Waals surface area contributed by atoms with Crippen LogP contribution in [0.25, 0.3) is 0 Å². The molecule has 0 bridgehead atoms. The first-order chi connectivity index (χ1) is 7.75. The minimum absolute atomic E-state index is 0.000741. The summed E-state index contributed by atoms with van der Waals surface area (Å²) in [5.74, 6) is -2.65. The number of aliphatic carboxylic acids is 1. The Morgan fingerprint density at radius 3 is 2.00 bits per heavy atom. The Morgan fingerprint density at radius 2 is 1.65 bits per heavy atom. The number of hydrogen-bond acceptors (Lipinski definition) is 4. The maximum Gasteiger partial charge on any atom is 0.336 e. The number of carbonyl (C=O) groups excluding carboxylic acids is 1. The third-order valence-corrected chi connectivity index (χ3v) is 3.02. The molecule has 94 valence electrons. The summed E-state index contributed by atoms with van der Waals surface area (Å²) >= 11 is 0. The predicted octanol–water partition coefficient (Wildman–Crippen LogP) is -3.77. The number of benzene rings is 1. The van der Waals surface area contributed by atoms with E-state index in [1.807, 2.05) is 0 Å². The number of nitrogens with two attached hydrogens (primary N) is 3. The fraction of sp³-hybridized carbons (Fsp3) is 0.111. The van der Waals surface area contributed by atoms with Crippen LogP contribution in [0, 0.1) is 0 Å². The second kappa shape index (κ2) is 6.48. The first-order valence-corrected chi connectivity index (χ1v) is 6.02. The van der Waals surface area contributed by atoms with Gasteiger partial charge in [-0.15, -0.1) is 0 Å². The van der Waals surface area contributed by atoms with Gasteiger partial charge in [0.25, 0.3) is 0 Å². The molecule has 0 aliphatic rings. The molecular weight excluding hydrogens is 246 g/mol. The van der Waals surface area contributed by atoms with Crippen molar-refractivity contribution in [3.8, 4) is 0 Å². The van der Waals surface area contributed by atoms with Gasteiger partial charge in [0.2, 0.25) is 0 Å². The van der Waals surface area contributed by atoms with Crippen LogP contribution < -0.4 is 22.0 Å². The summed E-state index contributed by atoms with van der Waals surface area (Å²) in [5.41, 5.74) is 9.17. The number of rotatable bonds is 3. The lowest BCUT2D eigenvalue weighted by Crippen LogP contribution is -2.51. The summed E-state index contributed by atoms with van der Waals surface area (Å²) in [4.78, 5) is 10.1.